The minimum Gasteiger partial charge on any atom is -0.495 e. The summed E-state index contributed by atoms with van der Waals surface area (Å²) in [6.07, 6.45) is 4.52. The van der Waals surface area contributed by atoms with Crippen LogP contribution in [0.5, 0.6) is 5.75 Å². The van der Waals surface area contributed by atoms with Crippen molar-refractivity contribution in [1.29, 1.82) is 0 Å². The highest BCUT2D eigenvalue weighted by Crippen LogP contribution is 2.31. The van der Waals surface area contributed by atoms with E-state index in [0.717, 1.165) is 25.4 Å². The third-order valence-corrected chi connectivity index (χ3v) is 7.88. The van der Waals surface area contributed by atoms with Gasteiger partial charge in [-0.3, -0.25) is 4.55 Å². The van der Waals surface area contributed by atoms with Crippen LogP contribution in [0.15, 0.2) is 53.4 Å². The van der Waals surface area contributed by atoms with E-state index in [0.29, 0.717) is 6.42 Å². The lowest BCUT2D eigenvalue weighted by atomic mass is 10.1. The van der Waals surface area contributed by atoms with Gasteiger partial charge in [-0.15, -0.1) is 0 Å². The van der Waals surface area contributed by atoms with Crippen LogP contribution in [-0.2, 0) is 16.5 Å². The molecule has 0 unspecified atom stereocenters. The maximum Gasteiger partial charge on any atom is 0.298 e. The third kappa shape index (κ3) is 4.91. The van der Waals surface area contributed by atoms with Gasteiger partial charge in [0, 0.05) is 16.9 Å². The minimum absolute atomic E-state index is 0.108. The van der Waals surface area contributed by atoms with E-state index in [-0.39, 0.29) is 10.6 Å². The first-order chi connectivity index (χ1) is 12.9. The van der Waals surface area contributed by atoms with Gasteiger partial charge in [0.15, 0.2) is 0 Å². The zero-order valence-corrected chi connectivity index (χ0v) is 17.6. The topological polar surface area (TPSA) is 63.6 Å². The number of ether oxygens (including phenoxy) is 1. The quantitative estimate of drug-likeness (QED) is 0.312. The largest absolute Gasteiger partial charge is 0.495 e. The predicted octanol–water partition coefficient (Wildman–Crippen LogP) is 5.56. The van der Waals surface area contributed by atoms with E-state index in [1.807, 2.05) is 42.5 Å². The van der Waals surface area contributed by atoms with E-state index < -0.39 is 10.1 Å². The third-order valence-electron chi connectivity index (χ3n) is 3.86. The molecule has 4 nitrogen and oxygen atoms in total. The summed E-state index contributed by atoms with van der Waals surface area (Å²) in [7, 11) is 0.0921. The lowest BCUT2D eigenvalue weighted by molar-refractivity contribution is 0.397. The van der Waals surface area contributed by atoms with Crippen LogP contribution in [-0.4, -0.2) is 20.1 Å². The molecule has 0 atom stereocenters. The molecule has 2 aromatic carbocycles. The van der Waals surface area contributed by atoms with Crippen molar-refractivity contribution < 1.29 is 17.7 Å². The summed E-state index contributed by atoms with van der Waals surface area (Å²) in [6, 6.07) is 14.7. The van der Waals surface area contributed by atoms with Crippen molar-refractivity contribution in [2.75, 3.05) is 7.11 Å². The van der Waals surface area contributed by atoms with Gasteiger partial charge in [-0.25, -0.2) is 0 Å². The molecule has 3 aromatic rings. The van der Waals surface area contributed by atoms with Gasteiger partial charge in [0.25, 0.3) is 10.1 Å². The highest BCUT2D eigenvalue weighted by atomic mass is 32.9. The van der Waals surface area contributed by atoms with Gasteiger partial charge < -0.3 is 4.74 Å². The smallest absolute Gasteiger partial charge is 0.298 e. The van der Waals surface area contributed by atoms with Gasteiger partial charge >= 0.3 is 0 Å². The summed E-state index contributed by atoms with van der Waals surface area (Å²) in [5, 5.41) is 0. The van der Waals surface area contributed by atoms with E-state index in [1.54, 1.807) is 16.4 Å². The van der Waals surface area contributed by atoms with Crippen LogP contribution < -0.4 is 4.74 Å². The summed E-state index contributed by atoms with van der Waals surface area (Å²) in [5.74, 6) is 0.108. The van der Waals surface area contributed by atoms with Crippen molar-refractivity contribution in [2.45, 2.75) is 11.3 Å². The normalized spacial score (nSPS) is 11.8. The zero-order valence-electron chi connectivity index (χ0n) is 14.3. The van der Waals surface area contributed by atoms with Crippen LogP contribution in [0.4, 0.5) is 0 Å². The molecule has 0 amide bonds. The molecule has 1 N–H and O–H groups in total. The van der Waals surface area contributed by atoms with Crippen molar-refractivity contribution in [3.63, 3.8) is 0 Å². The number of rotatable bonds is 6. The van der Waals surface area contributed by atoms with E-state index in [4.69, 9.17) is 17.0 Å². The Kier molecular flexibility index (Phi) is 6.23. The van der Waals surface area contributed by atoms with Crippen LogP contribution in [0.2, 0.25) is 0 Å². The molecule has 140 valence electrons. The fourth-order valence-electron chi connectivity index (χ4n) is 2.54. The van der Waals surface area contributed by atoms with Crippen LogP contribution in [0.1, 0.15) is 21.6 Å². The maximum absolute atomic E-state index is 11.6. The molecular formula is C19H16O4S4. The second-order valence-electron chi connectivity index (χ2n) is 5.68. The second-order valence-corrected chi connectivity index (χ2v) is 9.92. The molecule has 0 fully saturated rings. The molecule has 8 heteroatoms. The van der Waals surface area contributed by atoms with E-state index >= 15 is 0 Å². The minimum atomic E-state index is -4.37. The molecule has 0 aliphatic carbocycles. The van der Waals surface area contributed by atoms with Gasteiger partial charge in [-0.05, 0) is 29.3 Å². The molecule has 0 saturated carbocycles. The number of hydrogen-bond donors (Lipinski definition) is 1. The van der Waals surface area contributed by atoms with Crippen LogP contribution in [0, 0.1) is 3.82 Å². The van der Waals surface area contributed by atoms with Gasteiger partial charge in [0.05, 0.1) is 7.11 Å². The Morgan fingerprint density at radius 1 is 1.11 bits per heavy atom. The maximum atomic E-state index is 11.6. The molecule has 27 heavy (non-hydrogen) atoms. The van der Waals surface area contributed by atoms with Crippen molar-refractivity contribution in [3.8, 4) is 5.75 Å². The fraction of sp³-hybridized carbons (Fsp3) is 0.105. The molecule has 0 aliphatic heterocycles. The number of hydrogen-bond acceptors (Lipinski definition) is 6. The van der Waals surface area contributed by atoms with Gasteiger partial charge in [-0.2, -0.15) is 8.42 Å². The van der Waals surface area contributed by atoms with Crippen LogP contribution in [0.3, 0.4) is 0 Å². The Bertz CT molecular complexity index is 1130. The summed E-state index contributed by atoms with van der Waals surface area (Å²) in [4.78, 5) is 0.798. The Labute approximate surface area is 170 Å². The predicted molar refractivity (Wildman–Crippen MR) is 114 cm³/mol. The summed E-state index contributed by atoms with van der Waals surface area (Å²) in [5.41, 5.74) is 2.79. The highest BCUT2D eigenvalue weighted by Gasteiger charge is 2.18. The average Bonchev–Trinajstić information content (AvgIpc) is 3.00. The summed E-state index contributed by atoms with van der Waals surface area (Å²) < 4.78 is 38.5. The molecule has 0 radical (unpaired) electrons. The molecule has 0 bridgehead atoms. The van der Waals surface area contributed by atoms with Crippen molar-refractivity contribution in [1.82, 2.24) is 0 Å². The summed E-state index contributed by atoms with van der Waals surface area (Å²) in [6.45, 7) is 0. The van der Waals surface area contributed by atoms with Gasteiger partial charge in [0.2, 0.25) is 0 Å². The Morgan fingerprint density at radius 2 is 1.85 bits per heavy atom. The number of benzene rings is 2. The molecular weight excluding hydrogens is 420 g/mol. The monoisotopic (exact) mass is 436 g/mol. The highest BCUT2D eigenvalue weighted by molar-refractivity contribution is 7.86. The van der Waals surface area contributed by atoms with Crippen molar-refractivity contribution in [3.05, 3.63) is 73.9 Å². The Balaban J connectivity index is 1.94. The standard InChI is InChI=1S/C19H16O4S4/c1-23-16-9-7-14(12-18(16)27(20,21)22)11-15-17(25-26-19(15)24)10-8-13-5-3-2-4-6-13/h2-10,12H,11H2,1H3,(H,20,21,22). The second kappa shape index (κ2) is 8.45. The van der Waals surface area contributed by atoms with E-state index in [9.17, 15) is 13.0 Å². The van der Waals surface area contributed by atoms with Gasteiger partial charge in [-0.1, -0.05) is 75.4 Å². The van der Waals surface area contributed by atoms with Crippen molar-refractivity contribution >= 4 is 55.2 Å². The molecule has 1 heterocycles. The van der Waals surface area contributed by atoms with Crippen molar-refractivity contribution in [2.24, 2.45) is 0 Å². The van der Waals surface area contributed by atoms with Gasteiger partial charge in [0.1, 0.15) is 14.5 Å². The average molecular weight is 437 g/mol. The zero-order chi connectivity index (χ0) is 19.4. The molecule has 0 saturated heterocycles. The Morgan fingerprint density at radius 3 is 2.52 bits per heavy atom. The lowest BCUT2D eigenvalue weighted by Crippen LogP contribution is -2.03. The molecule has 0 spiro atoms. The summed E-state index contributed by atoms with van der Waals surface area (Å²) >= 11 is 5.46. The molecule has 1 aromatic heterocycles. The molecule has 3 rings (SSSR count). The molecule has 0 aliphatic rings. The lowest BCUT2D eigenvalue weighted by Gasteiger charge is -2.08. The SMILES string of the molecule is COc1ccc(Cc2c(C=Cc3ccccc3)ssc2=S)cc1S(=O)(=O)O. The number of methoxy groups -OCH3 is 1. The first-order valence-electron chi connectivity index (χ1n) is 7.88. The first-order valence-corrected chi connectivity index (χ1v) is 11.9. The van der Waals surface area contributed by atoms with Crippen LogP contribution >= 0.6 is 32.9 Å². The van der Waals surface area contributed by atoms with E-state index in [1.165, 1.54) is 29.6 Å². The first kappa shape index (κ1) is 19.9. The fourth-order valence-corrected chi connectivity index (χ4v) is 5.98. The van der Waals surface area contributed by atoms with Crippen LogP contribution in [0.25, 0.3) is 12.2 Å². The van der Waals surface area contributed by atoms with E-state index in [2.05, 4.69) is 0 Å². The Hall–Kier alpha value is -1.84.